The van der Waals surface area contributed by atoms with Crippen molar-refractivity contribution >= 4 is 64.1 Å². The summed E-state index contributed by atoms with van der Waals surface area (Å²) in [6, 6.07) is 23.3. The summed E-state index contributed by atoms with van der Waals surface area (Å²) in [6.07, 6.45) is -1.24. The van der Waals surface area contributed by atoms with Crippen LogP contribution in [0.5, 0.6) is 0 Å². The number of hydrogen-bond donors (Lipinski definition) is 0. The average Bonchev–Trinajstić information content (AvgIpc) is 3.16. The van der Waals surface area contributed by atoms with Crippen molar-refractivity contribution in [3.8, 4) is 0 Å². The van der Waals surface area contributed by atoms with Gasteiger partial charge in [-0.15, -0.1) is 0 Å². The van der Waals surface area contributed by atoms with Crippen LogP contribution in [0, 0.1) is 0 Å². The molecule has 38 heavy (non-hydrogen) atoms. The van der Waals surface area contributed by atoms with Crippen molar-refractivity contribution < 1.29 is 23.9 Å². The maximum atomic E-state index is 13.3. The van der Waals surface area contributed by atoms with Crippen LogP contribution in [0.15, 0.2) is 91.0 Å². The van der Waals surface area contributed by atoms with Crippen molar-refractivity contribution in [3.05, 3.63) is 134 Å². The van der Waals surface area contributed by atoms with E-state index in [1.165, 1.54) is 36.4 Å². The van der Waals surface area contributed by atoms with Crippen molar-refractivity contribution in [2.24, 2.45) is 0 Å². The number of carbonyl (C=O) groups is 4. The van der Waals surface area contributed by atoms with Crippen LogP contribution >= 0.6 is 34.8 Å². The van der Waals surface area contributed by atoms with E-state index in [0.717, 1.165) is 4.90 Å². The number of ether oxygens (including phenoxy) is 1. The van der Waals surface area contributed by atoms with Gasteiger partial charge in [-0.2, -0.15) is 0 Å². The van der Waals surface area contributed by atoms with Crippen LogP contribution < -0.4 is 4.90 Å². The third-order valence-electron chi connectivity index (χ3n) is 5.96. The number of imide groups is 1. The van der Waals surface area contributed by atoms with Crippen molar-refractivity contribution in [1.29, 1.82) is 0 Å². The standard InChI is InChI=1S/C29H16Cl3NO5/c30-19-11-9-16(10-12-19)25(34)26(17-5-2-1-3-6-17)38-29(37)18-7-4-8-20(13-18)33-27(35)21-14-23(31)24(32)15-22(21)28(33)36/h1-15,26H/t26-/m0/s1. The van der Waals surface area contributed by atoms with Crippen molar-refractivity contribution in [1.82, 2.24) is 0 Å². The first-order valence-electron chi connectivity index (χ1n) is 11.3. The van der Waals surface area contributed by atoms with Gasteiger partial charge >= 0.3 is 5.97 Å². The highest BCUT2D eigenvalue weighted by atomic mass is 35.5. The Morgan fingerprint density at radius 3 is 1.89 bits per heavy atom. The average molecular weight is 565 g/mol. The Morgan fingerprint density at radius 2 is 1.29 bits per heavy atom. The van der Waals surface area contributed by atoms with Gasteiger partial charge < -0.3 is 4.74 Å². The van der Waals surface area contributed by atoms with Gasteiger partial charge in [0.25, 0.3) is 11.8 Å². The van der Waals surface area contributed by atoms with E-state index in [0.29, 0.717) is 16.1 Å². The molecular formula is C29H16Cl3NO5. The van der Waals surface area contributed by atoms with Gasteiger partial charge in [0.15, 0.2) is 6.10 Å². The van der Waals surface area contributed by atoms with Crippen LogP contribution in [0.2, 0.25) is 15.1 Å². The van der Waals surface area contributed by atoms with E-state index in [-0.39, 0.29) is 32.4 Å². The summed E-state index contributed by atoms with van der Waals surface area (Å²) in [5.74, 6) is -2.46. The van der Waals surface area contributed by atoms with Gasteiger partial charge in [0, 0.05) is 16.1 Å². The zero-order valence-corrected chi connectivity index (χ0v) is 21.6. The van der Waals surface area contributed by atoms with Crippen LogP contribution in [0.1, 0.15) is 53.1 Å². The smallest absolute Gasteiger partial charge is 0.339 e. The highest BCUT2D eigenvalue weighted by Crippen LogP contribution is 2.34. The number of ketones is 1. The number of benzene rings is 4. The van der Waals surface area contributed by atoms with Crippen LogP contribution in [-0.4, -0.2) is 23.6 Å². The molecule has 0 bridgehead atoms. The van der Waals surface area contributed by atoms with Gasteiger partial charge in [-0.3, -0.25) is 14.4 Å². The molecule has 1 heterocycles. The lowest BCUT2D eigenvalue weighted by atomic mass is 9.99. The van der Waals surface area contributed by atoms with Crippen molar-refractivity contribution in [3.63, 3.8) is 0 Å². The van der Waals surface area contributed by atoms with Gasteiger partial charge in [-0.05, 0) is 54.6 Å². The van der Waals surface area contributed by atoms with Gasteiger partial charge in [0.05, 0.1) is 32.4 Å². The molecule has 0 aromatic heterocycles. The zero-order chi connectivity index (χ0) is 27.0. The number of amides is 2. The van der Waals surface area contributed by atoms with E-state index < -0.39 is 29.7 Å². The van der Waals surface area contributed by atoms with E-state index in [1.807, 2.05) is 0 Å². The molecule has 2 amide bonds. The largest absolute Gasteiger partial charge is 0.445 e. The van der Waals surface area contributed by atoms with Gasteiger partial charge in [0.2, 0.25) is 5.78 Å². The van der Waals surface area contributed by atoms with Crippen LogP contribution in [0.4, 0.5) is 5.69 Å². The molecule has 0 radical (unpaired) electrons. The van der Waals surface area contributed by atoms with Crippen LogP contribution in [0.25, 0.3) is 0 Å². The van der Waals surface area contributed by atoms with Crippen molar-refractivity contribution in [2.75, 3.05) is 4.90 Å². The fourth-order valence-corrected chi connectivity index (χ4v) is 4.54. The summed E-state index contributed by atoms with van der Waals surface area (Å²) in [4.78, 5) is 53.5. The maximum absolute atomic E-state index is 13.3. The lowest BCUT2D eigenvalue weighted by Gasteiger charge is -2.19. The Balaban J connectivity index is 1.45. The van der Waals surface area contributed by atoms with Crippen LogP contribution in [-0.2, 0) is 4.74 Å². The molecule has 1 atom stereocenters. The minimum absolute atomic E-state index is 0.0416. The monoisotopic (exact) mass is 563 g/mol. The molecule has 5 rings (SSSR count). The Hall–Kier alpha value is -3.97. The van der Waals surface area contributed by atoms with E-state index in [9.17, 15) is 19.2 Å². The van der Waals surface area contributed by atoms with Crippen LogP contribution in [0.3, 0.4) is 0 Å². The molecule has 0 N–H and O–H groups in total. The normalized spacial score (nSPS) is 13.3. The highest BCUT2D eigenvalue weighted by molar-refractivity contribution is 6.44. The number of fused-ring (bicyclic) bond motifs is 1. The molecule has 9 heteroatoms. The first-order valence-corrected chi connectivity index (χ1v) is 12.4. The Kier molecular flexibility index (Phi) is 7.04. The molecule has 4 aromatic rings. The Morgan fingerprint density at radius 1 is 0.684 bits per heavy atom. The summed E-state index contributed by atoms with van der Waals surface area (Å²) in [6.45, 7) is 0. The van der Waals surface area contributed by atoms with Crippen molar-refractivity contribution in [2.45, 2.75) is 6.10 Å². The number of hydrogen-bond acceptors (Lipinski definition) is 5. The van der Waals surface area contributed by atoms with E-state index in [4.69, 9.17) is 39.5 Å². The Labute approximate surface area is 232 Å². The van der Waals surface area contributed by atoms with E-state index in [2.05, 4.69) is 0 Å². The van der Waals surface area contributed by atoms with Gasteiger partial charge in [-0.25, -0.2) is 9.69 Å². The molecule has 0 aliphatic carbocycles. The third-order valence-corrected chi connectivity index (χ3v) is 6.94. The number of halogens is 3. The maximum Gasteiger partial charge on any atom is 0.339 e. The van der Waals surface area contributed by atoms with Gasteiger partial charge in [-0.1, -0.05) is 71.2 Å². The number of esters is 1. The summed E-state index contributed by atoms with van der Waals surface area (Å²) in [5, 5.41) is 0.746. The minimum atomic E-state index is -1.24. The molecule has 6 nitrogen and oxygen atoms in total. The zero-order valence-electron chi connectivity index (χ0n) is 19.4. The molecule has 0 saturated carbocycles. The SMILES string of the molecule is O=C(O[C@H](C(=O)c1ccc(Cl)cc1)c1ccccc1)c1cccc(N2C(=O)c3cc(Cl)c(Cl)cc3C2=O)c1. The molecule has 1 aliphatic heterocycles. The molecular weight excluding hydrogens is 549 g/mol. The number of anilines is 1. The fraction of sp³-hybridized carbons (Fsp3) is 0.0345. The summed E-state index contributed by atoms with van der Waals surface area (Å²) in [7, 11) is 0. The number of Topliss-reactive ketones (excluding diaryl/α,β-unsaturated/α-hetero) is 1. The quantitative estimate of drug-likeness (QED) is 0.140. The first-order chi connectivity index (χ1) is 18.2. The number of rotatable bonds is 6. The molecule has 4 aromatic carbocycles. The molecule has 0 saturated heterocycles. The lowest BCUT2D eigenvalue weighted by molar-refractivity contribution is 0.0280. The molecule has 0 unspecified atom stereocenters. The topological polar surface area (TPSA) is 80.8 Å². The molecule has 0 spiro atoms. The number of nitrogens with zero attached hydrogens (tertiary/aromatic N) is 1. The number of carbonyl (C=O) groups excluding carboxylic acids is 4. The molecule has 1 aliphatic rings. The lowest BCUT2D eigenvalue weighted by Crippen LogP contribution is -2.29. The highest BCUT2D eigenvalue weighted by Gasteiger charge is 2.38. The predicted molar refractivity (Wildman–Crippen MR) is 144 cm³/mol. The first kappa shape index (κ1) is 25.7. The summed E-state index contributed by atoms with van der Waals surface area (Å²) < 4.78 is 5.69. The second kappa shape index (κ2) is 10.4. The second-order valence-electron chi connectivity index (χ2n) is 8.38. The molecule has 188 valence electrons. The predicted octanol–water partition coefficient (Wildman–Crippen LogP) is 7.23. The fourth-order valence-electron chi connectivity index (χ4n) is 4.08. The summed E-state index contributed by atoms with van der Waals surface area (Å²) >= 11 is 18.0. The van der Waals surface area contributed by atoms with Gasteiger partial charge in [0.1, 0.15) is 0 Å². The Bertz CT molecular complexity index is 1560. The van der Waals surface area contributed by atoms with E-state index in [1.54, 1.807) is 54.6 Å². The van der Waals surface area contributed by atoms with E-state index >= 15 is 0 Å². The molecule has 0 fully saturated rings. The summed E-state index contributed by atoms with van der Waals surface area (Å²) in [5.41, 5.74) is 1.20. The minimum Gasteiger partial charge on any atom is -0.445 e. The second-order valence-corrected chi connectivity index (χ2v) is 9.63. The third kappa shape index (κ3) is 4.82.